The number of rotatable bonds is 5. The van der Waals surface area contributed by atoms with E-state index in [-0.39, 0.29) is 17.4 Å². The molecule has 1 saturated carbocycles. The Morgan fingerprint density at radius 3 is 2.38 bits per heavy atom. The molecule has 1 aromatic carbocycles. The Morgan fingerprint density at radius 2 is 1.69 bits per heavy atom. The Kier molecular flexibility index (Phi) is 6.46. The van der Waals surface area contributed by atoms with Gasteiger partial charge in [-0.25, -0.2) is 0 Å². The lowest BCUT2D eigenvalue weighted by atomic mass is 9.79. The molecule has 3 rings (SSSR count). The fraction of sp³-hybridized carbons (Fsp3) is 0.727. The maximum atomic E-state index is 10.3. The van der Waals surface area contributed by atoms with E-state index in [1.807, 2.05) is 6.07 Å². The van der Waals surface area contributed by atoms with E-state index < -0.39 is 0 Å². The number of hydrogen-bond acceptors (Lipinski definition) is 4. The number of piperazine rings is 1. The van der Waals surface area contributed by atoms with E-state index in [1.165, 1.54) is 57.9 Å². The minimum Gasteiger partial charge on any atom is -0.508 e. The van der Waals surface area contributed by atoms with Crippen molar-refractivity contribution < 1.29 is 10.2 Å². The summed E-state index contributed by atoms with van der Waals surface area (Å²) in [4.78, 5) is 5.15. The number of hydrogen-bond donors (Lipinski definition) is 2. The van der Waals surface area contributed by atoms with Gasteiger partial charge in [-0.2, -0.15) is 0 Å². The fourth-order valence-corrected chi connectivity index (χ4v) is 4.80. The summed E-state index contributed by atoms with van der Waals surface area (Å²) in [7, 11) is 2.22. The highest BCUT2D eigenvalue weighted by atomic mass is 16.3. The first-order valence-corrected chi connectivity index (χ1v) is 10.4. The molecule has 2 atom stereocenters. The Labute approximate surface area is 158 Å². The van der Waals surface area contributed by atoms with Gasteiger partial charge in [0.2, 0.25) is 0 Å². The third-order valence-corrected chi connectivity index (χ3v) is 6.51. The van der Waals surface area contributed by atoms with Crippen molar-refractivity contribution in [2.75, 3.05) is 33.2 Å². The van der Waals surface area contributed by atoms with Crippen LogP contribution in [-0.2, 0) is 6.42 Å². The van der Waals surface area contributed by atoms with Crippen LogP contribution in [0.3, 0.4) is 0 Å². The molecule has 2 unspecified atom stereocenters. The van der Waals surface area contributed by atoms with E-state index in [1.54, 1.807) is 0 Å². The quantitative estimate of drug-likeness (QED) is 0.834. The van der Waals surface area contributed by atoms with Crippen LogP contribution < -0.4 is 0 Å². The predicted molar refractivity (Wildman–Crippen MR) is 107 cm³/mol. The number of aromatic hydroxyl groups is 2. The third-order valence-electron chi connectivity index (χ3n) is 6.51. The largest absolute Gasteiger partial charge is 0.508 e. The van der Waals surface area contributed by atoms with Crippen molar-refractivity contribution in [2.24, 2.45) is 5.92 Å². The van der Waals surface area contributed by atoms with Crippen molar-refractivity contribution in [3.8, 4) is 11.5 Å². The lowest BCUT2D eigenvalue weighted by molar-refractivity contribution is 0.0552. The average molecular weight is 361 g/mol. The number of benzene rings is 1. The summed E-state index contributed by atoms with van der Waals surface area (Å²) in [6.45, 7) is 8.92. The molecule has 4 nitrogen and oxygen atoms in total. The zero-order chi connectivity index (χ0) is 18.7. The van der Waals surface area contributed by atoms with Gasteiger partial charge >= 0.3 is 0 Å². The summed E-state index contributed by atoms with van der Waals surface area (Å²) in [5.41, 5.74) is 1.94. The number of phenolic OH excluding ortho intramolecular Hbond substituents is 2. The van der Waals surface area contributed by atoms with Crippen molar-refractivity contribution in [3.05, 3.63) is 23.3 Å². The van der Waals surface area contributed by atoms with Crippen LogP contribution in [0.1, 0.15) is 63.0 Å². The summed E-state index contributed by atoms with van der Waals surface area (Å²) in [5, 5.41) is 20.4. The molecular weight excluding hydrogens is 324 g/mol. The fourth-order valence-electron chi connectivity index (χ4n) is 4.80. The van der Waals surface area contributed by atoms with Gasteiger partial charge in [-0.15, -0.1) is 0 Å². The van der Waals surface area contributed by atoms with Gasteiger partial charge in [-0.3, -0.25) is 4.90 Å². The molecule has 0 spiro atoms. The van der Waals surface area contributed by atoms with Crippen molar-refractivity contribution in [1.29, 1.82) is 0 Å². The maximum Gasteiger partial charge on any atom is 0.122 e. The van der Waals surface area contributed by atoms with Gasteiger partial charge in [0.1, 0.15) is 11.5 Å². The summed E-state index contributed by atoms with van der Waals surface area (Å²) >= 11 is 0. The first-order valence-electron chi connectivity index (χ1n) is 10.4. The maximum absolute atomic E-state index is 10.3. The molecule has 1 heterocycles. The highest BCUT2D eigenvalue weighted by Gasteiger charge is 2.31. The summed E-state index contributed by atoms with van der Waals surface area (Å²) < 4.78 is 0. The number of likely N-dealkylation sites (N-methyl/N-ethyl adjacent to an activating group) is 1. The SMILES string of the molecule is CC(C)c1cc(CCC2CCCCC2N2CCN(C)CC2)c(O)cc1O. The molecule has 1 aromatic rings. The van der Waals surface area contributed by atoms with Crippen molar-refractivity contribution >= 4 is 0 Å². The van der Waals surface area contributed by atoms with Crippen LogP contribution in [-0.4, -0.2) is 59.3 Å². The standard InChI is InChI=1S/C22H36N2O2/c1-16(2)19-14-18(21(25)15-22(19)26)9-8-17-6-4-5-7-20(17)24-12-10-23(3)11-13-24/h14-17,20,25-26H,4-13H2,1-3H3. The van der Waals surface area contributed by atoms with Crippen LogP contribution in [0, 0.1) is 5.92 Å². The third kappa shape index (κ3) is 4.52. The predicted octanol–water partition coefficient (Wildman–Crippen LogP) is 3.96. The topological polar surface area (TPSA) is 46.9 Å². The second-order valence-corrected chi connectivity index (χ2v) is 8.68. The van der Waals surface area contributed by atoms with Crippen molar-refractivity contribution in [3.63, 3.8) is 0 Å². The van der Waals surface area contributed by atoms with E-state index in [2.05, 4.69) is 30.7 Å². The molecule has 4 heteroatoms. The monoisotopic (exact) mass is 360 g/mol. The normalized spacial score (nSPS) is 25.7. The molecule has 146 valence electrons. The Hall–Kier alpha value is -1.26. The Balaban J connectivity index is 1.66. The van der Waals surface area contributed by atoms with E-state index in [0.29, 0.717) is 6.04 Å². The van der Waals surface area contributed by atoms with Crippen LogP contribution in [0.2, 0.25) is 0 Å². The van der Waals surface area contributed by atoms with Crippen LogP contribution in [0.5, 0.6) is 11.5 Å². The molecule has 2 N–H and O–H groups in total. The molecule has 1 aliphatic heterocycles. The van der Waals surface area contributed by atoms with Crippen LogP contribution in [0.4, 0.5) is 0 Å². The highest BCUT2D eigenvalue weighted by Crippen LogP contribution is 2.36. The molecule has 2 aliphatic rings. The van der Waals surface area contributed by atoms with Gasteiger partial charge in [0.05, 0.1) is 0 Å². The minimum atomic E-state index is 0.217. The van der Waals surface area contributed by atoms with E-state index in [4.69, 9.17) is 0 Å². The van der Waals surface area contributed by atoms with Gasteiger partial charge in [-0.05, 0) is 61.8 Å². The van der Waals surface area contributed by atoms with Gasteiger partial charge in [0.25, 0.3) is 0 Å². The first-order chi connectivity index (χ1) is 12.5. The first kappa shape index (κ1) is 19.5. The molecule has 0 aromatic heterocycles. The Bertz CT molecular complexity index is 594. The molecule has 1 saturated heterocycles. The van der Waals surface area contributed by atoms with Gasteiger partial charge in [0.15, 0.2) is 0 Å². The van der Waals surface area contributed by atoms with Gasteiger partial charge in [0, 0.05) is 38.3 Å². The van der Waals surface area contributed by atoms with Crippen LogP contribution >= 0.6 is 0 Å². The summed E-state index contributed by atoms with van der Waals surface area (Å²) in [6.07, 6.45) is 7.37. The second kappa shape index (κ2) is 8.62. The molecule has 0 bridgehead atoms. The van der Waals surface area contributed by atoms with E-state index in [9.17, 15) is 10.2 Å². The summed E-state index contributed by atoms with van der Waals surface area (Å²) in [5.74, 6) is 1.46. The van der Waals surface area contributed by atoms with Gasteiger partial charge < -0.3 is 15.1 Å². The number of aryl methyl sites for hydroxylation is 1. The number of phenols is 2. The Morgan fingerprint density at radius 1 is 1.00 bits per heavy atom. The molecule has 0 amide bonds. The van der Waals surface area contributed by atoms with Crippen molar-refractivity contribution in [1.82, 2.24) is 9.80 Å². The second-order valence-electron chi connectivity index (χ2n) is 8.68. The molecule has 1 aliphatic carbocycles. The molecule has 0 radical (unpaired) electrons. The number of nitrogens with zero attached hydrogens (tertiary/aromatic N) is 2. The molecular formula is C22H36N2O2. The zero-order valence-electron chi connectivity index (χ0n) is 16.7. The smallest absolute Gasteiger partial charge is 0.122 e. The minimum absolute atomic E-state index is 0.217. The zero-order valence-corrected chi connectivity index (χ0v) is 16.7. The van der Waals surface area contributed by atoms with Crippen LogP contribution in [0.25, 0.3) is 0 Å². The van der Waals surface area contributed by atoms with Crippen molar-refractivity contribution in [2.45, 2.75) is 64.3 Å². The van der Waals surface area contributed by atoms with E-state index in [0.717, 1.165) is 29.9 Å². The van der Waals surface area contributed by atoms with Gasteiger partial charge in [-0.1, -0.05) is 26.7 Å². The highest BCUT2D eigenvalue weighted by molar-refractivity contribution is 5.46. The molecule has 2 fully saturated rings. The van der Waals surface area contributed by atoms with E-state index >= 15 is 0 Å². The lowest BCUT2D eigenvalue weighted by Crippen LogP contribution is -2.52. The summed E-state index contributed by atoms with van der Waals surface area (Å²) in [6, 6.07) is 4.26. The lowest BCUT2D eigenvalue weighted by Gasteiger charge is -2.43. The molecule has 26 heavy (non-hydrogen) atoms. The van der Waals surface area contributed by atoms with Crippen LogP contribution in [0.15, 0.2) is 12.1 Å². The average Bonchev–Trinajstić information content (AvgIpc) is 2.62.